The maximum absolute atomic E-state index is 10.1. The minimum Gasteiger partial charge on any atom is -0.481 e. The van der Waals surface area contributed by atoms with E-state index >= 15 is 0 Å². The molecule has 104 valence electrons. The van der Waals surface area contributed by atoms with Gasteiger partial charge in [0.05, 0.1) is 6.61 Å². The van der Waals surface area contributed by atoms with E-state index in [0.29, 0.717) is 13.2 Å². The molecule has 0 amide bonds. The number of esters is 1. The molecule has 0 aliphatic carbocycles. The van der Waals surface area contributed by atoms with E-state index in [1.165, 1.54) is 6.92 Å². The van der Waals surface area contributed by atoms with Crippen molar-refractivity contribution in [2.45, 2.75) is 53.4 Å². The van der Waals surface area contributed by atoms with Gasteiger partial charge in [0, 0.05) is 20.5 Å². The lowest BCUT2D eigenvalue weighted by atomic mass is 10.4. The van der Waals surface area contributed by atoms with Crippen molar-refractivity contribution in [3.05, 3.63) is 0 Å². The molecule has 0 fully saturated rings. The first-order valence-corrected chi connectivity index (χ1v) is 5.86. The number of aliphatic hydroxyl groups is 1. The van der Waals surface area contributed by atoms with Gasteiger partial charge in [-0.2, -0.15) is 0 Å². The average Bonchev–Trinajstić information content (AvgIpc) is 2.19. The summed E-state index contributed by atoms with van der Waals surface area (Å²) in [5.41, 5.74) is 0. The first-order valence-electron chi connectivity index (χ1n) is 5.86. The van der Waals surface area contributed by atoms with Gasteiger partial charge in [0.1, 0.15) is 0 Å². The van der Waals surface area contributed by atoms with Gasteiger partial charge in [0.2, 0.25) is 0 Å². The molecule has 0 aromatic rings. The number of ether oxygens (including phenoxy) is 1. The van der Waals surface area contributed by atoms with Crippen molar-refractivity contribution in [2.24, 2.45) is 0 Å². The third kappa shape index (κ3) is 71.2. The number of carbonyl (C=O) groups excluding carboxylic acids is 1. The highest BCUT2D eigenvalue weighted by Gasteiger charge is 1.88. The van der Waals surface area contributed by atoms with Crippen LogP contribution in [0.4, 0.5) is 0 Å². The van der Waals surface area contributed by atoms with E-state index in [1.807, 2.05) is 0 Å². The van der Waals surface area contributed by atoms with Crippen molar-refractivity contribution in [3.8, 4) is 0 Å². The topological polar surface area (TPSA) is 83.8 Å². The normalized spacial score (nSPS) is 8.06. The molecule has 5 heteroatoms. The lowest BCUT2D eigenvalue weighted by Crippen LogP contribution is -1.99. The Morgan fingerprint density at radius 2 is 1.47 bits per heavy atom. The highest BCUT2D eigenvalue weighted by atomic mass is 16.5. The van der Waals surface area contributed by atoms with E-state index < -0.39 is 5.97 Å². The Morgan fingerprint density at radius 3 is 1.65 bits per heavy atom. The molecule has 2 N–H and O–H groups in total. The lowest BCUT2D eigenvalue weighted by Gasteiger charge is -1.96. The van der Waals surface area contributed by atoms with Crippen LogP contribution in [0.15, 0.2) is 0 Å². The molecule has 0 spiro atoms. The highest BCUT2D eigenvalue weighted by molar-refractivity contribution is 5.65. The van der Waals surface area contributed by atoms with Crippen LogP contribution in [-0.2, 0) is 14.3 Å². The zero-order chi connectivity index (χ0) is 14.1. The monoisotopic (exact) mass is 250 g/mol. The number of hydrogen-bond acceptors (Lipinski definition) is 4. The summed E-state index contributed by atoms with van der Waals surface area (Å²) in [6, 6.07) is 0. The Morgan fingerprint density at radius 1 is 1.06 bits per heavy atom. The van der Waals surface area contributed by atoms with Crippen LogP contribution in [0.25, 0.3) is 0 Å². The van der Waals surface area contributed by atoms with Crippen molar-refractivity contribution in [2.75, 3.05) is 13.2 Å². The number of unbranched alkanes of at least 4 members (excludes halogenated alkanes) is 2. The maximum Gasteiger partial charge on any atom is 0.302 e. The number of rotatable bonds is 5. The van der Waals surface area contributed by atoms with Crippen molar-refractivity contribution in [1.82, 2.24) is 0 Å². The molecular formula is C12H26O5. The number of aliphatic hydroxyl groups excluding tert-OH is 1. The largest absolute Gasteiger partial charge is 0.481 e. The van der Waals surface area contributed by atoms with E-state index in [9.17, 15) is 4.79 Å². The second-order valence-electron chi connectivity index (χ2n) is 3.29. The van der Waals surface area contributed by atoms with E-state index in [1.54, 1.807) is 0 Å². The molecule has 0 rings (SSSR count). The summed E-state index contributed by atoms with van der Waals surface area (Å²) >= 11 is 0. The van der Waals surface area contributed by atoms with Crippen LogP contribution in [0.1, 0.15) is 53.4 Å². The fraction of sp³-hybridized carbons (Fsp3) is 0.833. The van der Waals surface area contributed by atoms with Gasteiger partial charge in [0.25, 0.3) is 5.97 Å². The van der Waals surface area contributed by atoms with Crippen LogP contribution in [-0.4, -0.2) is 35.4 Å². The van der Waals surface area contributed by atoms with E-state index in [2.05, 4.69) is 18.6 Å². The zero-order valence-corrected chi connectivity index (χ0v) is 11.4. The number of aliphatic carboxylic acids is 1. The number of hydrogen-bond donors (Lipinski definition) is 2. The molecule has 0 aliphatic rings. The van der Waals surface area contributed by atoms with Crippen molar-refractivity contribution in [3.63, 3.8) is 0 Å². The molecule has 5 nitrogen and oxygen atoms in total. The smallest absolute Gasteiger partial charge is 0.302 e. The van der Waals surface area contributed by atoms with Gasteiger partial charge < -0.3 is 14.9 Å². The molecule has 0 aliphatic heterocycles. The van der Waals surface area contributed by atoms with Crippen LogP contribution in [0, 0.1) is 0 Å². The second-order valence-corrected chi connectivity index (χ2v) is 3.29. The molecule has 17 heavy (non-hydrogen) atoms. The molecule has 0 saturated heterocycles. The zero-order valence-electron chi connectivity index (χ0n) is 11.4. The third-order valence-electron chi connectivity index (χ3n) is 1.31. The summed E-state index contributed by atoms with van der Waals surface area (Å²) in [7, 11) is 0. The van der Waals surface area contributed by atoms with Crippen LogP contribution in [0.2, 0.25) is 0 Å². The van der Waals surface area contributed by atoms with E-state index in [-0.39, 0.29) is 5.97 Å². The fourth-order valence-electron chi connectivity index (χ4n) is 0.518. The minimum atomic E-state index is -0.833. The molecule has 0 heterocycles. The SMILES string of the molecule is CC(=O)O.CCCCO.CCCCOC(C)=O. The number of carboxylic acid groups (broad SMARTS) is 1. The molecule has 0 unspecified atom stereocenters. The van der Waals surface area contributed by atoms with Gasteiger partial charge in [-0.05, 0) is 12.8 Å². The van der Waals surface area contributed by atoms with Gasteiger partial charge in [-0.3, -0.25) is 9.59 Å². The van der Waals surface area contributed by atoms with Crippen LogP contribution >= 0.6 is 0 Å². The predicted molar refractivity (Wildman–Crippen MR) is 66.8 cm³/mol. The molecule has 0 radical (unpaired) electrons. The van der Waals surface area contributed by atoms with Gasteiger partial charge in [-0.25, -0.2) is 0 Å². The van der Waals surface area contributed by atoms with Crippen LogP contribution in [0.5, 0.6) is 0 Å². The quantitative estimate of drug-likeness (QED) is 0.577. The molecule has 0 aromatic heterocycles. The molecule has 0 saturated carbocycles. The third-order valence-corrected chi connectivity index (χ3v) is 1.31. The average molecular weight is 250 g/mol. The lowest BCUT2D eigenvalue weighted by molar-refractivity contribution is -0.141. The first-order chi connectivity index (χ1) is 7.92. The molecule has 0 aromatic carbocycles. The van der Waals surface area contributed by atoms with Crippen LogP contribution < -0.4 is 0 Å². The predicted octanol–water partition coefficient (Wildman–Crippen LogP) is 2.22. The Hall–Kier alpha value is -1.10. The van der Waals surface area contributed by atoms with Gasteiger partial charge in [0.15, 0.2) is 0 Å². The van der Waals surface area contributed by atoms with Crippen molar-refractivity contribution < 1.29 is 24.5 Å². The Bertz CT molecular complexity index is 162. The maximum atomic E-state index is 10.1. The second kappa shape index (κ2) is 20.3. The standard InChI is InChI=1S/C6H12O2.C4H10O.C2H4O2/c1-3-4-5-8-6(2)7;1-2-3-4-5;1-2(3)4/h3-5H2,1-2H3;5H,2-4H2,1H3;1H3,(H,3,4). The molecule has 0 atom stereocenters. The number of carbonyl (C=O) groups is 2. The molecular weight excluding hydrogens is 224 g/mol. The van der Waals surface area contributed by atoms with Crippen LogP contribution in [0.3, 0.4) is 0 Å². The van der Waals surface area contributed by atoms with Crippen molar-refractivity contribution in [1.29, 1.82) is 0 Å². The highest BCUT2D eigenvalue weighted by Crippen LogP contribution is 1.86. The van der Waals surface area contributed by atoms with E-state index in [0.717, 1.165) is 32.6 Å². The Kier molecular flexibility index (Phi) is 25.4. The number of carboxylic acids is 1. The fourth-order valence-corrected chi connectivity index (χ4v) is 0.518. The summed E-state index contributed by atoms with van der Waals surface area (Å²) in [4.78, 5) is 19.1. The summed E-state index contributed by atoms with van der Waals surface area (Å²) < 4.78 is 4.64. The summed E-state index contributed by atoms with van der Waals surface area (Å²) in [5.74, 6) is -1.02. The van der Waals surface area contributed by atoms with Crippen molar-refractivity contribution >= 4 is 11.9 Å². The summed E-state index contributed by atoms with van der Waals surface area (Å²) in [6.07, 6.45) is 4.09. The Labute approximate surface area is 104 Å². The van der Waals surface area contributed by atoms with Gasteiger partial charge in [-0.15, -0.1) is 0 Å². The minimum absolute atomic E-state index is 0.182. The molecule has 0 bridgehead atoms. The Balaban J connectivity index is -0.000000188. The van der Waals surface area contributed by atoms with Gasteiger partial charge in [-0.1, -0.05) is 26.7 Å². The summed E-state index contributed by atoms with van der Waals surface area (Å²) in [5, 5.41) is 15.5. The van der Waals surface area contributed by atoms with Gasteiger partial charge >= 0.3 is 5.97 Å². The summed E-state index contributed by atoms with van der Waals surface area (Å²) in [6.45, 7) is 7.54. The first kappa shape index (κ1) is 21.2. The van der Waals surface area contributed by atoms with E-state index in [4.69, 9.17) is 15.0 Å².